The summed E-state index contributed by atoms with van der Waals surface area (Å²) in [5, 5.41) is 0.490. The molecular formula is C20H20FN5O3. The van der Waals surface area contributed by atoms with Crippen molar-refractivity contribution in [3.05, 3.63) is 35.4 Å². The molecule has 1 aliphatic heterocycles. The van der Waals surface area contributed by atoms with Gasteiger partial charge in [-0.15, -0.1) is 0 Å². The van der Waals surface area contributed by atoms with Crippen LogP contribution in [0.5, 0.6) is 11.9 Å². The molecule has 0 aliphatic carbocycles. The number of pyridine rings is 1. The third kappa shape index (κ3) is 2.89. The Bertz CT molecular complexity index is 1140. The smallest absolute Gasteiger partial charge is 0.319 e. The Balaban J connectivity index is 1.99. The second-order valence-corrected chi connectivity index (χ2v) is 6.67. The first-order valence-electron chi connectivity index (χ1n) is 9.15. The minimum atomic E-state index is -0.522. The number of nitrogens with zero attached hydrogens (tertiary/aromatic N) is 4. The van der Waals surface area contributed by atoms with E-state index in [4.69, 9.17) is 15.2 Å². The van der Waals surface area contributed by atoms with E-state index in [9.17, 15) is 9.18 Å². The lowest BCUT2D eigenvalue weighted by molar-refractivity contribution is 0.0779. The van der Waals surface area contributed by atoms with Crippen LogP contribution in [-0.2, 0) is 6.54 Å². The normalized spacial score (nSPS) is 13.1. The Morgan fingerprint density at radius 1 is 1.21 bits per heavy atom. The summed E-state index contributed by atoms with van der Waals surface area (Å²) >= 11 is 0. The van der Waals surface area contributed by atoms with Gasteiger partial charge in [-0.05, 0) is 18.6 Å². The fraction of sp³-hybridized carbons (Fsp3) is 0.300. The minimum absolute atomic E-state index is 0.0976. The molecule has 0 bridgehead atoms. The van der Waals surface area contributed by atoms with Crippen LogP contribution >= 0.6 is 0 Å². The highest BCUT2D eigenvalue weighted by atomic mass is 19.1. The number of hydrogen-bond acceptors (Lipinski definition) is 7. The zero-order valence-electron chi connectivity index (χ0n) is 16.3. The number of carbonyl (C=O) groups is 1. The maximum Gasteiger partial charge on any atom is 0.319 e. The van der Waals surface area contributed by atoms with Crippen molar-refractivity contribution in [2.75, 3.05) is 26.5 Å². The van der Waals surface area contributed by atoms with Crippen LogP contribution in [0.4, 0.5) is 10.1 Å². The molecule has 150 valence electrons. The van der Waals surface area contributed by atoms with Crippen molar-refractivity contribution < 1.29 is 18.7 Å². The van der Waals surface area contributed by atoms with Gasteiger partial charge in [0.15, 0.2) is 0 Å². The molecule has 0 atom stereocenters. The number of aromatic nitrogens is 3. The topological polar surface area (TPSA) is 103 Å². The van der Waals surface area contributed by atoms with Gasteiger partial charge in [-0.3, -0.25) is 4.79 Å². The number of benzene rings is 1. The number of methoxy groups -OCH3 is 2. The minimum Gasteiger partial charge on any atom is -0.480 e. The van der Waals surface area contributed by atoms with E-state index in [2.05, 4.69) is 15.0 Å². The number of anilines is 1. The number of rotatable bonds is 5. The molecule has 0 saturated heterocycles. The summed E-state index contributed by atoms with van der Waals surface area (Å²) in [5.74, 6) is -0.524. The summed E-state index contributed by atoms with van der Waals surface area (Å²) in [7, 11) is 2.85. The lowest BCUT2D eigenvalue weighted by atomic mass is 10.00. The van der Waals surface area contributed by atoms with Gasteiger partial charge in [-0.25, -0.2) is 14.4 Å². The van der Waals surface area contributed by atoms with E-state index in [1.807, 2.05) is 6.92 Å². The Labute approximate surface area is 166 Å². The number of halogens is 1. The van der Waals surface area contributed by atoms with E-state index in [1.165, 1.54) is 32.5 Å². The van der Waals surface area contributed by atoms with Crippen LogP contribution in [0.1, 0.15) is 29.4 Å². The third-order valence-corrected chi connectivity index (χ3v) is 4.93. The molecule has 0 radical (unpaired) electrons. The van der Waals surface area contributed by atoms with E-state index in [-0.39, 0.29) is 23.4 Å². The number of fused-ring (bicyclic) bond motifs is 2. The van der Waals surface area contributed by atoms with Gasteiger partial charge in [0.2, 0.25) is 5.88 Å². The molecule has 1 aliphatic rings. The van der Waals surface area contributed by atoms with Crippen LogP contribution in [0.15, 0.2) is 18.3 Å². The molecule has 1 amide bonds. The fourth-order valence-corrected chi connectivity index (χ4v) is 3.63. The Kier molecular flexibility index (Phi) is 4.65. The molecule has 3 aromatic rings. The van der Waals surface area contributed by atoms with Crippen LogP contribution in [-0.4, -0.2) is 46.5 Å². The predicted molar refractivity (Wildman–Crippen MR) is 105 cm³/mol. The zero-order chi connectivity index (χ0) is 20.7. The maximum atomic E-state index is 15.0. The number of nitrogen functional groups attached to an aromatic ring is 1. The van der Waals surface area contributed by atoms with Crippen LogP contribution in [0.2, 0.25) is 0 Å². The summed E-state index contributed by atoms with van der Waals surface area (Å²) in [6.45, 7) is 2.94. The lowest BCUT2D eigenvalue weighted by Crippen LogP contribution is -2.24. The van der Waals surface area contributed by atoms with Gasteiger partial charge in [-0.1, -0.05) is 6.92 Å². The van der Waals surface area contributed by atoms with Gasteiger partial charge in [0.1, 0.15) is 5.82 Å². The first kappa shape index (κ1) is 18.9. The van der Waals surface area contributed by atoms with Crippen molar-refractivity contribution in [3.8, 4) is 23.0 Å². The molecule has 4 rings (SSSR count). The van der Waals surface area contributed by atoms with Crippen LogP contribution in [0.3, 0.4) is 0 Å². The summed E-state index contributed by atoms with van der Waals surface area (Å²) in [6, 6.07) is 2.92. The van der Waals surface area contributed by atoms with Crippen molar-refractivity contribution in [1.29, 1.82) is 0 Å². The van der Waals surface area contributed by atoms with Crippen LogP contribution in [0.25, 0.3) is 22.0 Å². The first-order valence-corrected chi connectivity index (χ1v) is 9.15. The van der Waals surface area contributed by atoms with E-state index in [1.54, 1.807) is 4.90 Å². The molecule has 8 nitrogen and oxygen atoms in total. The second-order valence-electron chi connectivity index (χ2n) is 6.67. The molecule has 1 aromatic carbocycles. The lowest BCUT2D eigenvalue weighted by Gasteiger charge is -2.13. The van der Waals surface area contributed by atoms with E-state index in [0.717, 1.165) is 6.42 Å². The van der Waals surface area contributed by atoms with E-state index in [0.29, 0.717) is 46.5 Å². The fourth-order valence-electron chi connectivity index (χ4n) is 3.63. The maximum absolute atomic E-state index is 15.0. The van der Waals surface area contributed by atoms with Crippen LogP contribution in [0, 0.1) is 5.82 Å². The average molecular weight is 397 g/mol. The van der Waals surface area contributed by atoms with Crippen molar-refractivity contribution in [3.63, 3.8) is 0 Å². The molecule has 2 N–H and O–H groups in total. The van der Waals surface area contributed by atoms with Crippen molar-refractivity contribution in [2.45, 2.75) is 19.9 Å². The van der Waals surface area contributed by atoms with Crippen molar-refractivity contribution >= 4 is 22.5 Å². The summed E-state index contributed by atoms with van der Waals surface area (Å²) in [5.41, 5.74) is 8.38. The summed E-state index contributed by atoms with van der Waals surface area (Å²) in [4.78, 5) is 27.3. The molecule has 0 spiro atoms. The highest BCUT2D eigenvalue weighted by molar-refractivity contribution is 6.11. The standard InChI is InChI=1S/C20H20FN5O3/c1-4-7-26-9-13-15(19(26)27)16(22)10-5-6-12(21)14(17(10)24-13)11-8-23-20(29-3)25-18(11)28-2/h5-6,8H,4,7,9H2,1-3H3,(H2,22,24). The van der Waals surface area contributed by atoms with E-state index >= 15 is 0 Å². The largest absolute Gasteiger partial charge is 0.480 e. The highest BCUT2D eigenvalue weighted by Crippen LogP contribution is 2.40. The Morgan fingerprint density at radius 3 is 2.69 bits per heavy atom. The van der Waals surface area contributed by atoms with Crippen molar-refractivity contribution in [2.24, 2.45) is 0 Å². The van der Waals surface area contributed by atoms with Crippen molar-refractivity contribution in [1.82, 2.24) is 19.9 Å². The van der Waals surface area contributed by atoms with Gasteiger partial charge in [0.05, 0.1) is 54.4 Å². The Hall–Kier alpha value is -3.49. The van der Waals surface area contributed by atoms with Gasteiger partial charge in [0, 0.05) is 18.1 Å². The first-order chi connectivity index (χ1) is 14.0. The van der Waals surface area contributed by atoms with Gasteiger partial charge in [-0.2, -0.15) is 4.98 Å². The number of carbonyl (C=O) groups excluding carboxylic acids is 1. The van der Waals surface area contributed by atoms with Gasteiger partial charge in [0.25, 0.3) is 5.91 Å². The second kappa shape index (κ2) is 7.16. The van der Waals surface area contributed by atoms with Crippen LogP contribution < -0.4 is 15.2 Å². The molecule has 2 aromatic heterocycles. The molecule has 29 heavy (non-hydrogen) atoms. The van der Waals surface area contributed by atoms with Gasteiger partial charge < -0.3 is 20.1 Å². The number of ether oxygens (including phenoxy) is 2. The number of hydrogen-bond donors (Lipinski definition) is 1. The average Bonchev–Trinajstić information content (AvgIpc) is 3.03. The monoisotopic (exact) mass is 397 g/mol. The Morgan fingerprint density at radius 2 is 2.00 bits per heavy atom. The zero-order valence-corrected chi connectivity index (χ0v) is 16.3. The highest BCUT2D eigenvalue weighted by Gasteiger charge is 2.32. The molecule has 0 unspecified atom stereocenters. The molecule has 0 fully saturated rings. The quantitative estimate of drug-likeness (QED) is 0.706. The predicted octanol–water partition coefficient (Wildman–Crippen LogP) is 2.80. The molecule has 0 saturated carbocycles. The number of amides is 1. The van der Waals surface area contributed by atoms with Gasteiger partial charge >= 0.3 is 6.01 Å². The number of nitrogens with two attached hydrogens (primary N) is 1. The molecule has 3 heterocycles. The summed E-state index contributed by atoms with van der Waals surface area (Å²) in [6.07, 6.45) is 2.24. The van der Waals surface area contributed by atoms with E-state index < -0.39 is 5.82 Å². The summed E-state index contributed by atoms with van der Waals surface area (Å²) < 4.78 is 25.3. The molecule has 9 heteroatoms. The SMILES string of the molecule is CCCN1Cc2nc3c(-c4cnc(OC)nc4OC)c(F)ccc3c(N)c2C1=O. The third-order valence-electron chi connectivity index (χ3n) is 4.93. The molecular weight excluding hydrogens is 377 g/mol.